The topological polar surface area (TPSA) is 66.1 Å². The van der Waals surface area contributed by atoms with E-state index in [2.05, 4.69) is 41.1 Å². The van der Waals surface area contributed by atoms with E-state index in [0.717, 1.165) is 25.6 Å². The van der Waals surface area contributed by atoms with Crippen LogP contribution in [-0.4, -0.2) is 68.2 Å². The number of ether oxygens (including phenoxy) is 1. The molecule has 1 aliphatic rings. The fourth-order valence-corrected chi connectivity index (χ4v) is 1.90. The van der Waals surface area contributed by atoms with E-state index in [4.69, 9.17) is 10.6 Å². The lowest BCUT2D eigenvalue weighted by atomic mass is 10.00. The lowest BCUT2D eigenvalue weighted by Gasteiger charge is -2.46. The van der Waals surface area contributed by atoms with Gasteiger partial charge in [0.25, 0.3) is 0 Å². The highest BCUT2D eigenvalue weighted by molar-refractivity contribution is 5.79. The number of likely N-dealkylation sites (N-methyl/N-ethyl adjacent to an activating group) is 1. The van der Waals surface area contributed by atoms with E-state index in [9.17, 15) is 0 Å². The van der Waals surface area contributed by atoms with Crippen molar-refractivity contribution in [3.05, 3.63) is 0 Å². The molecule has 3 N–H and O–H groups in total. The third kappa shape index (κ3) is 3.83. The van der Waals surface area contributed by atoms with E-state index in [1.165, 1.54) is 0 Å². The number of nitrogens with one attached hydrogen (secondary N) is 1. The second-order valence-corrected chi connectivity index (χ2v) is 5.00. The van der Waals surface area contributed by atoms with Gasteiger partial charge in [-0.2, -0.15) is 0 Å². The molecule has 1 saturated heterocycles. The molecule has 100 valence electrons. The summed E-state index contributed by atoms with van der Waals surface area (Å²) in [7, 11) is 3.82. The first kappa shape index (κ1) is 14.2. The van der Waals surface area contributed by atoms with Crippen molar-refractivity contribution in [3.8, 4) is 0 Å². The molecule has 0 aromatic carbocycles. The van der Waals surface area contributed by atoms with Crippen molar-refractivity contribution in [1.29, 1.82) is 0 Å². The SMILES string of the molecule is COCCN=C(NN)N1CCN(C)C(C)(C)C1. The van der Waals surface area contributed by atoms with Crippen LogP contribution in [0, 0.1) is 0 Å². The molecular formula is C11H25N5O. The van der Waals surface area contributed by atoms with Crippen LogP contribution >= 0.6 is 0 Å². The number of rotatable bonds is 3. The standard InChI is InChI=1S/C11H25N5O/c1-11(2)9-16(7-6-15(11)3)10(14-12)13-5-8-17-4/h5-9,12H2,1-4H3,(H,13,14). The highest BCUT2D eigenvalue weighted by atomic mass is 16.5. The van der Waals surface area contributed by atoms with E-state index in [1.807, 2.05) is 0 Å². The Bertz CT molecular complexity index is 267. The molecule has 0 bridgehead atoms. The normalized spacial score (nSPS) is 21.7. The second kappa shape index (κ2) is 6.18. The Labute approximate surface area is 104 Å². The zero-order valence-corrected chi connectivity index (χ0v) is 11.4. The second-order valence-electron chi connectivity index (χ2n) is 5.00. The summed E-state index contributed by atoms with van der Waals surface area (Å²) in [5.74, 6) is 6.29. The molecule has 0 amide bonds. The molecule has 0 aliphatic carbocycles. The molecule has 1 aliphatic heterocycles. The Morgan fingerprint density at radius 1 is 1.47 bits per heavy atom. The number of hydrogen-bond acceptors (Lipinski definition) is 4. The molecule has 0 aromatic heterocycles. The van der Waals surface area contributed by atoms with Crippen molar-refractivity contribution in [2.45, 2.75) is 19.4 Å². The predicted octanol–water partition coefficient (Wildman–Crippen LogP) is -0.522. The fourth-order valence-electron chi connectivity index (χ4n) is 1.90. The van der Waals surface area contributed by atoms with E-state index >= 15 is 0 Å². The molecule has 6 heteroatoms. The first-order chi connectivity index (χ1) is 8.01. The highest BCUT2D eigenvalue weighted by Crippen LogP contribution is 2.18. The minimum absolute atomic E-state index is 0.136. The molecular weight excluding hydrogens is 218 g/mol. The maximum Gasteiger partial charge on any atom is 0.208 e. The van der Waals surface area contributed by atoms with Crippen molar-refractivity contribution in [1.82, 2.24) is 15.2 Å². The Kier molecular flexibility index (Phi) is 5.17. The number of nitrogens with zero attached hydrogens (tertiary/aromatic N) is 3. The average Bonchev–Trinajstić information content (AvgIpc) is 2.28. The van der Waals surface area contributed by atoms with E-state index in [-0.39, 0.29) is 5.54 Å². The molecule has 1 heterocycles. The minimum atomic E-state index is 0.136. The van der Waals surface area contributed by atoms with Crippen LogP contribution in [0.5, 0.6) is 0 Å². The van der Waals surface area contributed by atoms with Gasteiger partial charge in [0.2, 0.25) is 5.96 Å². The summed E-state index contributed by atoms with van der Waals surface area (Å²) in [6.07, 6.45) is 0. The molecule has 0 aromatic rings. The third-order valence-corrected chi connectivity index (χ3v) is 3.30. The molecule has 0 saturated carbocycles. The first-order valence-electron chi connectivity index (χ1n) is 5.97. The lowest BCUT2D eigenvalue weighted by molar-refractivity contribution is 0.0724. The van der Waals surface area contributed by atoms with Gasteiger partial charge in [-0.1, -0.05) is 0 Å². The largest absolute Gasteiger partial charge is 0.383 e. The summed E-state index contributed by atoms with van der Waals surface area (Å²) in [6.45, 7) is 8.56. The number of hydrazine groups is 1. The van der Waals surface area contributed by atoms with Crippen LogP contribution in [0.15, 0.2) is 4.99 Å². The highest BCUT2D eigenvalue weighted by Gasteiger charge is 2.32. The number of guanidine groups is 1. The van der Waals surface area contributed by atoms with Crippen LogP contribution < -0.4 is 11.3 Å². The minimum Gasteiger partial charge on any atom is -0.383 e. The van der Waals surface area contributed by atoms with Crippen LogP contribution in [0.4, 0.5) is 0 Å². The zero-order valence-electron chi connectivity index (χ0n) is 11.4. The maximum atomic E-state index is 5.53. The summed E-state index contributed by atoms with van der Waals surface area (Å²) in [6, 6.07) is 0. The number of piperazine rings is 1. The van der Waals surface area contributed by atoms with Crippen molar-refractivity contribution in [2.24, 2.45) is 10.8 Å². The smallest absolute Gasteiger partial charge is 0.208 e. The van der Waals surface area contributed by atoms with Gasteiger partial charge < -0.3 is 9.64 Å². The van der Waals surface area contributed by atoms with Crippen molar-refractivity contribution in [2.75, 3.05) is 46.9 Å². The maximum absolute atomic E-state index is 5.53. The van der Waals surface area contributed by atoms with E-state index < -0.39 is 0 Å². The average molecular weight is 243 g/mol. The summed E-state index contributed by atoms with van der Waals surface area (Å²) in [5, 5.41) is 0. The molecule has 1 fully saturated rings. The zero-order chi connectivity index (χ0) is 12.9. The Morgan fingerprint density at radius 3 is 2.71 bits per heavy atom. The number of methoxy groups -OCH3 is 1. The summed E-state index contributed by atoms with van der Waals surface area (Å²) in [5.41, 5.74) is 2.82. The van der Waals surface area contributed by atoms with E-state index in [1.54, 1.807) is 7.11 Å². The Morgan fingerprint density at radius 2 is 2.18 bits per heavy atom. The third-order valence-electron chi connectivity index (χ3n) is 3.30. The van der Waals surface area contributed by atoms with Crippen LogP contribution in [0.1, 0.15) is 13.8 Å². The molecule has 6 nitrogen and oxygen atoms in total. The number of hydrogen-bond donors (Lipinski definition) is 2. The van der Waals surface area contributed by atoms with Gasteiger partial charge in [0, 0.05) is 32.3 Å². The van der Waals surface area contributed by atoms with Crippen molar-refractivity contribution >= 4 is 5.96 Å². The lowest BCUT2D eigenvalue weighted by Crippen LogP contribution is -2.61. The van der Waals surface area contributed by atoms with Crippen LogP contribution in [-0.2, 0) is 4.74 Å². The molecule has 0 unspecified atom stereocenters. The quantitative estimate of drug-likeness (QED) is 0.229. The monoisotopic (exact) mass is 243 g/mol. The summed E-state index contributed by atoms with van der Waals surface area (Å²) < 4.78 is 4.98. The Hall–Kier alpha value is -0.850. The number of nitrogens with two attached hydrogens (primary N) is 1. The van der Waals surface area contributed by atoms with Gasteiger partial charge in [-0.3, -0.25) is 10.3 Å². The van der Waals surface area contributed by atoms with E-state index in [0.29, 0.717) is 13.2 Å². The Balaban J connectivity index is 2.61. The van der Waals surface area contributed by atoms with Gasteiger partial charge in [-0.25, -0.2) is 10.8 Å². The van der Waals surface area contributed by atoms with Crippen LogP contribution in [0.2, 0.25) is 0 Å². The molecule has 17 heavy (non-hydrogen) atoms. The summed E-state index contributed by atoms with van der Waals surface area (Å²) >= 11 is 0. The van der Waals surface area contributed by atoms with Crippen molar-refractivity contribution in [3.63, 3.8) is 0 Å². The van der Waals surface area contributed by atoms with Gasteiger partial charge in [-0.05, 0) is 20.9 Å². The van der Waals surface area contributed by atoms with Crippen LogP contribution in [0.3, 0.4) is 0 Å². The number of aliphatic imine (C=N–C) groups is 1. The van der Waals surface area contributed by atoms with Crippen molar-refractivity contribution < 1.29 is 4.74 Å². The van der Waals surface area contributed by atoms with Crippen LogP contribution in [0.25, 0.3) is 0 Å². The predicted molar refractivity (Wildman–Crippen MR) is 69.8 cm³/mol. The molecule has 0 atom stereocenters. The van der Waals surface area contributed by atoms with Gasteiger partial charge in [0.05, 0.1) is 13.2 Å². The fraction of sp³-hybridized carbons (Fsp3) is 0.909. The molecule has 0 radical (unpaired) electrons. The first-order valence-corrected chi connectivity index (χ1v) is 5.97. The summed E-state index contributed by atoms with van der Waals surface area (Å²) in [4.78, 5) is 8.95. The van der Waals surface area contributed by atoms with Gasteiger partial charge >= 0.3 is 0 Å². The molecule has 1 rings (SSSR count). The molecule has 0 spiro atoms. The van der Waals surface area contributed by atoms with Gasteiger partial charge in [-0.15, -0.1) is 0 Å². The van der Waals surface area contributed by atoms with Gasteiger partial charge in [0.1, 0.15) is 0 Å². The van der Waals surface area contributed by atoms with Gasteiger partial charge in [0.15, 0.2) is 0 Å².